The fourth-order valence-electron chi connectivity index (χ4n) is 1.30. The third-order valence-electron chi connectivity index (χ3n) is 2.10. The van der Waals surface area contributed by atoms with Crippen molar-refractivity contribution in [1.29, 1.82) is 5.26 Å². The molecular formula is C12H18N2. The van der Waals surface area contributed by atoms with Crippen LogP contribution in [0.3, 0.4) is 0 Å². The molecule has 0 saturated carbocycles. The van der Waals surface area contributed by atoms with Gasteiger partial charge in [-0.25, -0.2) is 4.57 Å². The second kappa shape index (κ2) is 8.25. The van der Waals surface area contributed by atoms with Gasteiger partial charge in [0, 0.05) is 11.6 Å². The minimum Gasteiger partial charge on any atom is -0.512 e. The molecule has 0 saturated heterocycles. The van der Waals surface area contributed by atoms with Crippen LogP contribution < -0.4 is 4.57 Å². The summed E-state index contributed by atoms with van der Waals surface area (Å²) in [5.41, 5.74) is 1.46. The minimum atomic E-state index is 1.07. The topological polar surface area (TPSA) is 27.7 Å². The van der Waals surface area contributed by atoms with Gasteiger partial charge in [0.25, 0.3) is 0 Å². The molecule has 0 spiro atoms. The van der Waals surface area contributed by atoms with Crippen molar-refractivity contribution in [3.63, 3.8) is 0 Å². The number of nitrogens with zero attached hydrogens (tertiary/aromatic N) is 2. The highest BCUT2D eigenvalue weighted by Crippen LogP contribution is 2.01. The van der Waals surface area contributed by atoms with Crippen molar-refractivity contribution in [2.75, 3.05) is 0 Å². The second-order valence-electron chi connectivity index (χ2n) is 3.15. The van der Waals surface area contributed by atoms with Crippen molar-refractivity contribution in [3.05, 3.63) is 36.7 Å². The molecule has 0 amide bonds. The molecule has 1 aromatic heterocycles. The molecule has 0 fully saturated rings. The first-order valence-corrected chi connectivity index (χ1v) is 5.07. The Morgan fingerprint density at radius 2 is 2.07 bits per heavy atom. The SMILES string of the molecule is CCCCc1ccc[n+](CC)c1.[C-]#N. The molecular weight excluding hydrogens is 172 g/mol. The highest BCUT2D eigenvalue weighted by molar-refractivity contribution is 5.05. The van der Waals surface area contributed by atoms with Crippen molar-refractivity contribution in [2.24, 2.45) is 0 Å². The van der Waals surface area contributed by atoms with E-state index in [0.717, 1.165) is 6.54 Å². The molecule has 76 valence electrons. The van der Waals surface area contributed by atoms with Gasteiger partial charge in [0.15, 0.2) is 12.4 Å². The zero-order valence-corrected chi connectivity index (χ0v) is 9.03. The predicted octanol–water partition coefficient (Wildman–Crippen LogP) is 2.43. The standard InChI is InChI=1S/C11H18N.CN/c1-3-5-7-11-8-6-9-12(4-2)10-11;1-2/h6,8-10H,3-5,7H2,1-2H3;/q+1;-1. The van der Waals surface area contributed by atoms with Gasteiger partial charge in [0.2, 0.25) is 0 Å². The van der Waals surface area contributed by atoms with Crippen LogP contribution in [-0.2, 0) is 13.0 Å². The summed E-state index contributed by atoms with van der Waals surface area (Å²) in [4.78, 5) is 0. The van der Waals surface area contributed by atoms with Crippen molar-refractivity contribution in [2.45, 2.75) is 39.7 Å². The zero-order chi connectivity index (χ0) is 10.8. The molecule has 0 aliphatic heterocycles. The number of hydrogen-bond acceptors (Lipinski definition) is 1. The number of rotatable bonds is 4. The van der Waals surface area contributed by atoms with Crippen LogP contribution in [0.4, 0.5) is 0 Å². The molecule has 14 heavy (non-hydrogen) atoms. The van der Waals surface area contributed by atoms with E-state index in [9.17, 15) is 0 Å². The lowest BCUT2D eigenvalue weighted by molar-refractivity contribution is -0.694. The quantitative estimate of drug-likeness (QED) is 0.529. The van der Waals surface area contributed by atoms with Gasteiger partial charge in [-0.3, -0.25) is 0 Å². The predicted molar refractivity (Wildman–Crippen MR) is 55.9 cm³/mol. The molecule has 1 aromatic rings. The first kappa shape index (κ1) is 12.6. The monoisotopic (exact) mass is 190 g/mol. The maximum absolute atomic E-state index is 6.25. The van der Waals surface area contributed by atoms with Gasteiger partial charge < -0.3 is 11.8 Å². The van der Waals surface area contributed by atoms with E-state index in [1.54, 1.807) is 0 Å². The Morgan fingerprint density at radius 3 is 2.64 bits per heavy atom. The maximum Gasteiger partial charge on any atom is 0.171 e. The van der Waals surface area contributed by atoms with Gasteiger partial charge in [-0.1, -0.05) is 13.3 Å². The molecule has 0 aliphatic carbocycles. The molecule has 0 atom stereocenters. The minimum absolute atomic E-state index is 1.07. The Kier molecular flexibility index (Phi) is 7.45. The summed E-state index contributed by atoms with van der Waals surface area (Å²) in [7, 11) is 0. The van der Waals surface area contributed by atoms with Gasteiger partial charge in [0.1, 0.15) is 6.54 Å². The summed E-state index contributed by atoms with van der Waals surface area (Å²) in [5, 5.41) is 6.25. The van der Waals surface area contributed by atoms with Crippen LogP contribution in [0, 0.1) is 11.8 Å². The number of hydrogen-bond donors (Lipinski definition) is 0. The molecule has 2 heteroatoms. The van der Waals surface area contributed by atoms with E-state index in [4.69, 9.17) is 11.8 Å². The number of aryl methyl sites for hydroxylation is 2. The molecule has 0 bridgehead atoms. The fourth-order valence-corrected chi connectivity index (χ4v) is 1.30. The van der Waals surface area contributed by atoms with Crippen LogP contribution in [0.5, 0.6) is 0 Å². The first-order chi connectivity index (χ1) is 6.86. The van der Waals surface area contributed by atoms with Gasteiger partial charge in [-0.2, -0.15) is 0 Å². The maximum atomic E-state index is 6.25. The lowest BCUT2D eigenvalue weighted by atomic mass is 10.1. The van der Waals surface area contributed by atoms with Gasteiger partial charge in [-0.15, -0.1) is 0 Å². The lowest BCUT2D eigenvalue weighted by Crippen LogP contribution is -2.31. The Bertz CT molecular complexity index is 266. The highest BCUT2D eigenvalue weighted by Gasteiger charge is 1.98. The molecule has 0 aliphatic rings. The van der Waals surface area contributed by atoms with Crippen molar-refractivity contribution in [3.8, 4) is 0 Å². The van der Waals surface area contributed by atoms with Crippen LogP contribution in [-0.4, -0.2) is 0 Å². The van der Waals surface area contributed by atoms with Crippen molar-refractivity contribution >= 4 is 0 Å². The van der Waals surface area contributed by atoms with Gasteiger partial charge >= 0.3 is 0 Å². The molecule has 0 radical (unpaired) electrons. The van der Waals surface area contributed by atoms with Crippen LogP contribution in [0.2, 0.25) is 0 Å². The average Bonchev–Trinajstić information content (AvgIpc) is 2.29. The highest BCUT2D eigenvalue weighted by atomic mass is 14.9. The molecule has 1 heterocycles. The van der Waals surface area contributed by atoms with E-state index in [1.165, 1.54) is 24.8 Å². The Labute approximate surface area is 86.8 Å². The molecule has 1 rings (SSSR count). The van der Waals surface area contributed by atoms with Gasteiger partial charge in [0.05, 0.1) is 0 Å². The summed E-state index contributed by atoms with van der Waals surface area (Å²) in [6.07, 6.45) is 8.16. The molecule has 0 unspecified atom stereocenters. The summed E-state index contributed by atoms with van der Waals surface area (Å²) >= 11 is 0. The third kappa shape index (κ3) is 4.61. The van der Waals surface area contributed by atoms with E-state index in [1.807, 2.05) is 0 Å². The Morgan fingerprint density at radius 1 is 1.36 bits per heavy atom. The van der Waals surface area contributed by atoms with Crippen LogP contribution in [0.15, 0.2) is 24.5 Å². The first-order valence-electron chi connectivity index (χ1n) is 5.07. The van der Waals surface area contributed by atoms with E-state index < -0.39 is 0 Å². The summed E-state index contributed by atoms with van der Waals surface area (Å²) in [6, 6.07) is 4.34. The van der Waals surface area contributed by atoms with Crippen LogP contribution >= 0.6 is 0 Å². The lowest BCUT2D eigenvalue weighted by Gasteiger charge is -1.97. The zero-order valence-electron chi connectivity index (χ0n) is 9.03. The van der Waals surface area contributed by atoms with Crippen LogP contribution in [0.1, 0.15) is 32.3 Å². The van der Waals surface area contributed by atoms with Gasteiger partial charge in [-0.05, 0) is 25.8 Å². The van der Waals surface area contributed by atoms with Crippen molar-refractivity contribution < 1.29 is 4.57 Å². The molecule has 0 aromatic carbocycles. The van der Waals surface area contributed by atoms with E-state index in [-0.39, 0.29) is 0 Å². The second-order valence-corrected chi connectivity index (χ2v) is 3.15. The third-order valence-corrected chi connectivity index (χ3v) is 2.10. The largest absolute Gasteiger partial charge is 0.512 e. The van der Waals surface area contributed by atoms with Crippen LogP contribution in [0.25, 0.3) is 0 Å². The normalized spacial score (nSPS) is 8.86. The fraction of sp³-hybridized carbons (Fsp3) is 0.500. The number of unbranched alkanes of at least 4 members (excludes halogenated alkanes) is 1. The Balaban J connectivity index is 0.000000791. The van der Waals surface area contributed by atoms with E-state index in [0.29, 0.717) is 0 Å². The van der Waals surface area contributed by atoms with E-state index in [2.05, 4.69) is 42.9 Å². The number of aromatic nitrogens is 1. The average molecular weight is 190 g/mol. The molecule has 0 N–H and O–H groups in total. The van der Waals surface area contributed by atoms with E-state index >= 15 is 0 Å². The summed E-state index contributed by atoms with van der Waals surface area (Å²) < 4.78 is 2.23. The Hall–Kier alpha value is -1.36. The molecule has 2 nitrogen and oxygen atoms in total. The van der Waals surface area contributed by atoms with Crippen molar-refractivity contribution in [1.82, 2.24) is 0 Å². The summed E-state index contributed by atoms with van der Waals surface area (Å²) in [6.45, 7) is 10.2. The summed E-state index contributed by atoms with van der Waals surface area (Å²) in [5.74, 6) is 0. The smallest absolute Gasteiger partial charge is 0.171 e. The number of pyridine rings is 1.